The maximum absolute atomic E-state index is 3.79. The summed E-state index contributed by atoms with van der Waals surface area (Å²) in [6.07, 6.45) is 11.5. The van der Waals surface area contributed by atoms with Crippen LogP contribution in [-0.2, 0) is 0 Å². The van der Waals surface area contributed by atoms with Crippen molar-refractivity contribution in [3.8, 4) is 0 Å². The first-order valence-corrected chi connectivity index (χ1v) is 8.36. The molecule has 19 heavy (non-hydrogen) atoms. The van der Waals surface area contributed by atoms with Crippen LogP contribution in [0.2, 0.25) is 0 Å². The molecule has 2 heteroatoms. The minimum absolute atomic E-state index is 0.249. The molecule has 2 nitrogen and oxygen atoms in total. The molecule has 0 bridgehead atoms. The molecule has 0 heterocycles. The van der Waals surface area contributed by atoms with E-state index < -0.39 is 0 Å². The van der Waals surface area contributed by atoms with Crippen LogP contribution in [0, 0.1) is 5.41 Å². The van der Waals surface area contributed by atoms with Crippen LogP contribution in [0.3, 0.4) is 0 Å². The number of nitrogens with zero attached hydrogens (tertiary/aromatic N) is 1. The molecule has 1 N–H and O–H groups in total. The quantitative estimate of drug-likeness (QED) is 0.814. The van der Waals surface area contributed by atoms with Crippen LogP contribution < -0.4 is 5.32 Å². The lowest BCUT2D eigenvalue weighted by atomic mass is 9.72. The predicted octanol–water partition coefficient (Wildman–Crippen LogP) is 3.81. The fourth-order valence-corrected chi connectivity index (χ4v) is 3.63. The third kappa shape index (κ3) is 4.46. The normalized spacial score (nSPS) is 24.5. The van der Waals surface area contributed by atoms with E-state index in [9.17, 15) is 0 Å². The van der Waals surface area contributed by atoms with Crippen molar-refractivity contribution in [2.45, 2.75) is 83.7 Å². The lowest BCUT2D eigenvalue weighted by Gasteiger charge is -2.45. The smallest absolute Gasteiger partial charge is 0.00967 e. The van der Waals surface area contributed by atoms with Gasteiger partial charge in [0.25, 0.3) is 0 Å². The zero-order valence-corrected chi connectivity index (χ0v) is 13.6. The first kappa shape index (κ1) is 15.3. The molecule has 2 fully saturated rings. The molecule has 112 valence electrons. The second-order valence-corrected chi connectivity index (χ2v) is 8.16. The van der Waals surface area contributed by atoms with Gasteiger partial charge in [0, 0.05) is 24.7 Å². The Morgan fingerprint density at radius 3 is 2.16 bits per heavy atom. The molecule has 0 spiro atoms. The van der Waals surface area contributed by atoms with Gasteiger partial charge in [0.2, 0.25) is 0 Å². The van der Waals surface area contributed by atoms with E-state index >= 15 is 0 Å². The van der Waals surface area contributed by atoms with Crippen molar-refractivity contribution in [2.75, 3.05) is 20.1 Å². The largest absolute Gasteiger partial charge is 0.311 e. The minimum Gasteiger partial charge on any atom is -0.311 e. The Morgan fingerprint density at radius 1 is 1.05 bits per heavy atom. The molecule has 0 unspecified atom stereocenters. The zero-order valence-electron chi connectivity index (χ0n) is 13.6. The highest BCUT2D eigenvalue weighted by Gasteiger charge is 2.36. The highest BCUT2D eigenvalue weighted by molar-refractivity contribution is 4.91. The van der Waals surface area contributed by atoms with Crippen LogP contribution >= 0.6 is 0 Å². The van der Waals surface area contributed by atoms with Crippen LogP contribution in [0.15, 0.2) is 0 Å². The van der Waals surface area contributed by atoms with Crippen molar-refractivity contribution in [1.82, 2.24) is 10.2 Å². The van der Waals surface area contributed by atoms with Gasteiger partial charge in [-0.25, -0.2) is 0 Å². The maximum atomic E-state index is 3.79. The Kier molecular flexibility index (Phi) is 4.94. The van der Waals surface area contributed by atoms with Gasteiger partial charge in [0.05, 0.1) is 0 Å². The van der Waals surface area contributed by atoms with Gasteiger partial charge < -0.3 is 10.2 Å². The molecule has 0 aromatic carbocycles. The van der Waals surface area contributed by atoms with E-state index in [1.807, 2.05) is 0 Å². The molecule has 2 aliphatic rings. The number of nitrogens with one attached hydrogen (secondary N) is 1. The van der Waals surface area contributed by atoms with E-state index in [0.29, 0.717) is 5.41 Å². The van der Waals surface area contributed by atoms with Gasteiger partial charge in [-0.15, -0.1) is 0 Å². The van der Waals surface area contributed by atoms with E-state index in [1.165, 1.54) is 64.5 Å². The molecule has 2 aliphatic carbocycles. The summed E-state index contributed by atoms with van der Waals surface area (Å²) in [6, 6.07) is 0.883. The van der Waals surface area contributed by atoms with Crippen molar-refractivity contribution in [2.24, 2.45) is 5.41 Å². The summed E-state index contributed by atoms with van der Waals surface area (Å²) < 4.78 is 0. The topological polar surface area (TPSA) is 15.3 Å². The fraction of sp³-hybridized carbons (Fsp3) is 1.00. The average molecular weight is 266 g/mol. The molecule has 0 atom stereocenters. The van der Waals surface area contributed by atoms with Crippen LogP contribution in [0.5, 0.6) is 0 Å². The lowest BCUT2D eigenvalue weighted by molar-refractivity contribution is 0.0615. The number of hydrogen-bond donors (Lipinski definition) is 1. The molecule has 0 amide bonds. The van der Waals surface area contributed by atoms with Crippen LogP contribution in [0.1, 0.15) is 72.1 Å². The minimum atomic E-state index is 0.249. The Labute approximate surface area is 120 Å². The van der Waals surface area contributed by atoms with Crippen molar-refractivity contribution in [1.29, 1.82) is 0 Å². The summed E-state index contributed by atoms with van der Waals surface area (Å²) in [5, 5.41) is 3.79. The summed E-state index contributed by atoms with van der Waals surface area (Å²) >= 11 is 0. The predicted molar refractivity (Wildman–Crippen MR) is 83.5 cm³/mol. The van der Waals surface area contributed by atoms with Crippen LogP contribution in [0.4, 0.5) is 0 Å². The summed E-state index contributed by atoms with van der Waals surface area (Å²) in [5.74, 6) is 0. The molecule has 0 aromatic heterocycles. The number of hydrogen-bond acceptors (Lipinski definition) is 2. The second-order valence-electron chi connectivity index (χ2n) is 8.16. The highest BCUT2D eigenvalue weighted by Crippen LogP contribution is 2.38. The van der Waals surface area contributed by atoms with Crippen molar-refractivity contribution in [3.05, 3.63) is 0 Å². The van der Waals surface area contributed by atoms with Gasteiger partial charge in [-0.2, -0.15) is 0 Å². The van der Waals surface area contributed by atoms with E-state index in [4.69, 9.17) is 0 Å². The molecule has 0 saturated heterocycles. The molecular formula is C17H34N2. The Hall–Kier alpha value is -0.0800. The van der Waals surface area contributed by atoms with Gasteiger partial charge in [-0.1, -0.05) is 25.7 Å². The average Bonchev–Trinajstić information content (AvgIpc) is 2.24. The third-order valence-electron chi connectivity index (χ3n) is 5.19. The molecule has 0 radical (unpaired) electrons. The van der Waals surface area contributed by atoms with Crippen LogP contribution in [-0.4, -0.2) is 36.6 Å². The van der Waals surface area contributed by atoms with Gasteiger partial charge >= 0.3 is 0 Å². The van der Waals surface area contributed by atoms with Crippen LogP contribution in [0.25, 0.3) is 0 Å². The van der Waals surface area contributed by atoms with E-state index in [-0.39, 0.29) is 5.54 Å². The first-order chi connectivity index (χ1) is 8.90. The molecule has 0 aliphatic heterocycles. The monoisotopic (exact) mass is 266 g/mol. The Morgan fingerprint density at radius 2 is 1.68 bits per heavy atom. The second kappa shape index (κ2) is 6.13. The van der Waals surface area contributed by atoms with Gasteiger partial charge in [0.1, 0.15) is 0 Å². The Bertz CT molecular complexity index is 269. The van der Waals surface area contributed by atoms with Gasteiger partial charge in [0.15, 0.2) is 0 Å². The lowest BCUT2D eigenvalue weighted by Crippen LogP contribution is -2.51. The van der Waals surface area contributed by atoms with Gasteiger partial charge in [-0.3, -0.25) is 0 Å². The standard InChI is InChI=1S/C17H34N2/c1-16(2,3)18-13-17(11-6-5-7-12-17)14-19(4)15-9-8-10-15/h15,18H,5-14H2,1-4H3. The van der Waals surface area contributed by atoms with Gasteiger partial charge in [-0.05, 0) is 58.9 Å². The summed E-state index contributed by atoms with van der Waals surface area (Å²) in [5.41, 5.74) is 0.787. The Balaban J connectivity index is 1.93. The number of rotatable bonds is 5. The molecular weight excluding hydrogens is 232 g/mol. The zero-order chi connectivity index (χ0) is 13.9. The van der Waals surface area contributed by atoms with E-state index in [1.54, 1.807) is 0 Å². The van der Waals surface area contributed by atoms with Crippen molar-refractivity contribution < 1.29 is 0 Å². The summed E-state index contributed by atoms with van der Waals surface area (Å²) in [6.45, 7) is 9.38. The first-order valence-electron chi connectivity index (χ1n) is 8.36. The van der Waals surface area contributed by atoms with Crippen molar-refractivity contribution >= 4 is 0 Å². The van der Waals surface area contributed by atoms with E-state index in [0.717, 1.165) is 6.04 Å². The highest BCUT2D eigenvalue weighted by atomic mass is 15.1. The van der Waals surface area contributed by atoms with Crippen molar-refractivity contribution in [3.63, 3.8) is 0 Å². The SMILES string of the molecule is CN(CC1(CNC(C)(C)C)CCCCC1)C1CCC1. The van der Waals surface area contributed by atoms with E-state index in [2.05, 4.69) is 38.0 Å². The molecule has 2 saturated carbocycles. The summed E-state index contributed by atoms with van der Waals surface area (Å²) in [7, 11) is 2.36. The summed E-state index contributed by atoms with van der Waals surface area (Å²) in [4.78, 5) is 2.67. The maximum Gasteiger partial charge on any atom is 0.00967 e. The molecule has 2 rings (SSSR count). The fourth-order valence-electron chi connectivity index (χ4n) is 3.63. The third-order valence-corrected chi connectivity index (χ3v) is 5.19. The molecule has 0 aromatic rings.